The number of piperidine rings is 1. The molecule has 1 saturated heterocycles. The number of hydrogen-bond acceptors (Lipinski definition) is 2. The van der Waals surface area contributed by atoms with E-state index in [1.807, 2.05) is 6.92 Å². The van der Waals surface area contributed by atoms with Crippen LogP contribution in [0.1, 0.15) is 26.2 Å². The zero-order valence-corrected chi connectivity index (χ0v) is 7.36. The first kappa shape index (κ1) is 10.7. The van der Waals surface area contributed by atoms with Gasteiger partial charge in [0, 0.05) is 6.04 Å². The topological polar surface area (TPSA) is 49.3 Å². The maximum absolute atomic E-state index is 10.4. The van der Waals surface area contributed by atoms with Crippen molar-refractivity contribution in [3.05, 3.63) is 0 Å². The van der Waals surface area contributed by atoms with Gasteiger partial charge in [0.1, 0.15) is 6.04 Å². The normalized spacial score (nSPS) is 30.6. The lowest BCUT2D eigenvalue weighted by Crippen LogP contribution is -2.45. The van der Waals surface area contributed by atoms with Crippen molar-refractivity contribution >= 4 is 18.4 Å². The highest BCUT2D eigenvalue weighted by atomic mass is 35.5. The lowest BCUT2D eigenvalue weighted by atomic mass is 10.00. The first-order valence-electron chi connectivity index (χ1n) is 3.69. The van der Waals surface area contributed by atoms with Gasteiger partial charge in [-0.05, 0) is 26.2 Å². The molecular formula is C7H14ClNO2. The molecule has 1 aliphatic rings. The van der Waals surface area contributed by atoms with Crippen LogP contribution >= 0.6 is 12.4 Å². The van der Waals surface area contributed by atoms with Crippen molar-refractivity contribution in [3.63, 3.8) is 0 Å². The Bertz CT molecular complexity index is 140. The van der Waals surface area contributed by atoms with Crippen LogP contribution in [0.4, 0.5) is 0 Å². The van der Waals surface area contributed by atoms with E-state index in [-0.39, 0.29) is 18.4 Å². The SMILES string of the molecule is CC1CCCC(C(=O)O)N1.Cl. The van der Waals surface area contributed by atoms with Crippen LogP contribution in [0.25, 0.3) is 0 Å². The standard InChI is InChI=1S/C7H13NO2.ClH/c1-5-3-2-4-6(8-5)7(9)10;/h5-6,8H,2-4H2,1H3,(H,9,10);1H. The van der Waals surface area contributed by atoms with Crippen molar-refractivity contribution < 1.29 is 9.90 Å². The minimum atomic E-state index is -0.716. The molecule has 0 bridgehead atoms. The second-order valence-electron chi connectivity index (χ2n) is 2.89. The summed E-state index contributed by atoms with van der Waals surface area (Å²) in [6, 6.07) is 0.0681. The fourth-order valence-electron chi connectivity index (χ4n) is 1.33. The van der Waals surface area contributed by atoms with E-state index in [0.29, 0.717) is 6.04 Å². The monoisotopic (exact) mass is 179 g/mol. The van der Waals surface area contributed by atoms with Crippen molar-refractivity contribution in [2.24, 2.45) is 0 Å². The summed E-state index contributed by atoms with van der Waals surface area (Å²) in [5.41, 5.74) is 0. The molecule has 0 aromatic rings. The molecule has 11 heavy (non-hydrogen) atoms. The number of rotatable bonds is 1. The zero-order valence-electron chi connectivity index (χ0n) is 6.54. The van der Waals surface area contributed by atoms with Gasteiger partial charge < -0.3 is 10.4 Å². The minimum Gasteiger partial charge on any atom is -0.480 e. The molecule has 3 nitrogen and oxygen atoms in total. The number of aliphatic carboxylic acids is 1. The summed E-state index contributed by atoms with van der Waals surface area (Å²) in [5.74, 6) is -0.716. The number of nitrogens with one attached hydrogen (secondary N) is 1. The van der Waals surface area contributed by atoms with Crippen LogP contribution in [0.3, 0.4) is 0 Å². The van der Waals surface area contributed by atoms with Crippen molar-refractivity contribution in [2.75, 3.05) is 0 Å². The Morgan fingerprint density at radius 1 is 1.55 bits per heavy atom. The molecule has 0 amide bonds. The molecule has 0 aromatic carbocycles. The molecule has 1 rings (SSSR count). The highest BCUT2D eigenvalue weighted by Crippen LogP contribution is 2.11. The van der Waals surface area contributed by atoms with Crippen LogP contribution < -0.4 is 5.32 Å². The second kappa shape index (κ2) is 4.57. The average Bonchev–Trinajstić information content (AvgIpc) is 1.88. The Morgan fingerprint density at radius 2 is 2.18 bits per heavy atom. The fraction of sp³-hybridized carbons (Fsp3) is 0.857. The summed E-state index contributed by atoms with van der Waals surface area (Å²) in [6.07, 6.45) is 2.91. The van der Waals surface area contributed by atoms with E-state index < -0.39 is 5.97 Å². The van der Waals surface area contributed by atoms with E-state index in [1.54, 1.807) is 0 Å². The fourth-order valence-corrected chi connectivity index (χ4v) is 1.33. The predicted octanol–water partition coefficient (Wildman–Crippen LogP) is 1.02. The van der Waals surface area contributed by atoms with E-state index in [1.165, 1.54) is 0 Å². The first-order valence-corrected chi connectivity index (χ1v) is 3.69. The van der Waals surface area contributed by atoms with Gasteiger partial charge in [-0.2, -0.15) is 0 Å². The van der Waals surface area contributed by atoms with Crippen LogP contribution in [0.2, 0.25) is 0 Å². The molecule has 0 radical (unpaired) electrons. The van der Waals surface area contributed by atoms with Gasteiger partial charge in [-0.3, -0.25) is 4.79 Å². The molecule has 1 heterocycles. The van der Waals surface area contributed by atoms with Crippen LogP contribution in [-0.2, 0) is 4.79 Å². The lowest BCUT2D eigenvalue weighted by molar-refractivity contribution is -0.140. The van der Waals surface area contributed by atoms with Crippen molar-refractivity contribution in [1.82, 2.24) is 5.32 Å². The third kappa shape index (κ3) is 3.08. The van der Waals surface area contributed by atoms with Gasteiger partial charge in [-0.25, -0.2) is 0 Å². The molecule has 1 fully saturated rings. The number of carbonyl (C=O) groups is 1. The first-order chi connectivity index (χ1) is 4.70. The molecule has 0 spiro atoms. The molecular weight excluding hydrogens is 166 g/mol. The number of hydrogen-bond donors (Lipinski definition) is 2. The summed E-state index contributed by atoms with van der Waals surface area (Å²) in [6.45, 7) is 2.02. The van der Waals surface area contributed by atoms with Gasteiger partial charge in [0.15, 0.2) is 0 Å². The minimum absolute atomic E-state index is 0. The summed E-state index contributed by atoms with van der Waals surface area (Å²) in [7, 11) is 0. The quantitative estimate of drug-likeness (QED) is 0.632. The van der Waals surface area contributed by atoms with Crippen LogP contribution in [0.15, 0.2) is 0 Å². The number of carboxylic acid groups (broad SMARTS) is 1. The third-order valence-electron chi connectivity index (χ3n) is 1.91. The smallest absolute Gasteiger partial charge is 0.320 e. The molecule has 2 N–H and O–H groups in total. The number of halogens is 1. The van der Waals surface area contributed by atoms with E-state index in [4.69, 9.17) is 5.11 Å². The van der Waals surface area contributed by atoms with Gasteiger partial charge >= 0.3 is 5.97 Å². The van der Waals surface area contributed by atoms with Crippen LogP contribution in [0.5, 0.6) is 0 Å². The molecule has 4 heteroatoms. The molecule has 0 aliphatic carbocycles. The van der Waals surface area contributed by atoms with Gasteiger partial charge in [0.25, 0.3) is 0 Å². The molecule has 0 aromatic heterocycles. The maximum Gasteiger partial charge on any atom is 0.320 e. The lowest BCUT2D eigenvalue weighted by Gasteiger charge is -2.25. The summed E-state index contributed by atoms with van der Waals surface area (Å²) in [4.78, 5) is 10.4. The van der Waals surface area contributed by atoms with Crippen LogP contribution in [0, 0.1) is 0 Å². The van der Waals surface area contributed by atoms with Crippen molar-refractivity contribution in [3.8, 4) is 0 Å². The van der Waals surface area contributed by atoms with E-state index >= 15 is 0 Å². The molecule has 66 valence electrons. The third-order valence-corrected chi connectivity index (χ3v) is 1.91. The van der Waals surface area contributed by atoms with Gasteiger partial charge in [0.05, 0.1) is 0 Å². The van der Waals surface area contributed by atoms with E-state index in [0.717, 1.165) is 19.3 Å². The van der Waals surface area contributed by atoms with E-state index in [9.17, 15) is 4.79 Å². The van der Waals surface area contributed by atoms with Gasteiger partial charge in [-0.15, -0.1) is 12.4 Å². The molecule has 0 saturated carbocycles. The van der Waals surface area contributed by atoms with Crippen LogP contribution in [-0.4, -0.2) is 23.2 Å². The largest absolute Gasteiger partial charge is 0.480 e. The Kier molecular flexibility index (Phi) is 4.45. The Balaban J connectivity index is 0.000001000. The molecule has 1 aliphatic heterocycles. The second-order valence-corrected chi connectivity index (χ2v) is 2.89. The average molecular weight is 180 g/mol. The van der Waals surface area contributed by atoms with E-state index in [2.05, 4.69) is 5.32 Å². The summed E-state index contributed by atoms with van der Waals surface area (Å²) >= 11 is 0. The Hall–Kier alpha value is -0.280. The van der Waals surface area contributed by atoms with Gasteiger partial charge in [0.2, 0.25) is 0 Å². The van der Waals surface area contributed by atoms with Gasteiger partial charge in [-0.1, -0.05) is 0 Å². The predicted molar refractivity (Wildman–Crippen MR) is 45.1 cm³/mol. The molecule has 2 atom stereocenters. The highest BCUT2D eigenvalue weighted by molar-refractivity contribution is 5.85. The number of carboxylic acids is 1. The molecule has 2 unspecified atom stereocenters. The summed E-state index contributed by atoms with van der Waals surface area (Å²) in [5, 5.41) is 11.6. The maximum atomic E-state index is 10.4. The van der Waals surface area contributed by atoms with Crippen molar-refractivity contribution in [2.45, 2.75) is 38.3 Å². The Morgan fingerprint density at radius 3 is 2.55 bits per heavy atom. The van der Waals surface area contributed by atoms with Crippen molar-refractivity contribution in [1.29, 1.82) is 0 Å². The Labute approximate surface area is 72.6 Å². The summed E-state index contributed by atoms with van der Waals surface area (Å²) < 4.78 is 0. The zero-order chi connectivity index (χ0) is 7.56. The highest BCUT2D eigenvalue weighted by Gasteiger charge is 2.22.